The summed E-state index contributed by atoms with van der Waals surface area (Å²) in [6.45, 7) is 1.47. The fourth-order valence-corrected chi connectivity index (χ4v) is 2.44. The van der Waals surface area contributed by atoms with Crippen LogP contribution in [0.4, 0.5) is 0 Å². The molecule has 0 aromatic carbocycles. The summed E-state index contributed by atoms with van der Waals surface area (Å²) in [5.74, 6) is -1.17. The Morgan fingerprint density at radius 1 is 1.53 bits per heavy atom. The predicted molar refractivity (Wildman–Crippen MR) is 70.1 cm³/mol. The standard InChI is InChI=1S/C13H19N3O3/c1-15-6-2-4-10(15)8-14-13(19)11-5-3-7-16(11)9-12(17)18/h3,5,7,10H,2,4,6,8-9H2,1H3,(H,14,19)(H,17,18). The van der Waals surface area contributed by atoms with Crippen LogP contribution in [0.1, 0.15) is 23.3 Å². The monoisotopic (exact) mass is 265 g/mol. The molecular weight excluding hydrogens is 246 g/mol. The molecule has 1 aromatic rings. The van der Waals surface area contributed by atoms with Crippen LogP contribution in [0.2, 0.25) is 0 Å². The van der Waals surface area contributed by atoms with Gasteiger partial charge < -0.3 is 19.9 Å². The van der Waals surface area contributed by atoms with E-state index < -0.39 is 5.97 Å². The summed E-state index contributed by atoms with van der Waals surface area (Å²) in [6.07, 6.45) is 3.85. The van der Waals surface area contributed by atoms with Crippen LogP contribution >= 0.6 is 0 Å². The predicted octanol–water partition coefficient (Wildman–Crippen LogP) is 0.397. The normalized spacial score (nSPS) is 19.5. The number of aromatic nitrogens is 1. The van der Waals surface area contributed by atoms with Gasteiger partial charge in [-0.1, -0.05) is 0 Å². The molecular formula is C13H19N3O3. The number of likely N-dealkylation sites (tertiary alicyclic amines) is 1. The Kier molecular flexibility index (Phi) is 4.21. The third-order valence-electron chi connectivity index (χ3n) is 3.54. The van der Waals surface area contributed by atoms with Gasteiger partial charge in [0.15, 0.2) is 0 Å². The van der Waals surface area contributed by atoms with Gasteiger partial charge in [-0.3, -0.25) is 9.59 Å². The van der Waals surface area contributed by atoms with Crippen molar-refractivity contribution < 1.29 is 14.7 Å². The number of aliphatic carboxylic acids is 1. The van der Waals surface area contributed by atoms with Gasteiger partial charge in [-0.2, -0.15) is 0 Å². The van der Waals surface area contributed by atoms with Gasteiger partial charge in [-0.25, -0.2) is 0 Å². The lowest BCUT2D eigenvalue weighted by molar-refractivity contribution is -0.137. The van der Waals surface area contributed by atoms with Crippen LogP contribution in [0, 0.1) is 0 Å². The number of nitrogens with zero attached hydrogens (tertiary/aromatic N) is 2. The van der Waals surface area contributed by atoms with Crippen molar-refractivity contribution in [2.24, 2.45) is 0 Å². The largest absolute Gasteiger partial charge is 0.480 e. The highest BCUT2D eigenvalue weighted by Crippen LogP contribution is 2.13. The van der Waals surface area contributed by atoms with Crippen molar-refractivity contribution in [2.45, 2.75) is 25.4 Å². The number of amides is 1. The molecule has 0 aliphatic carbocycles. The first-order valence-electron chi connectivity index (χ1n) is 6.43. The lowest BCUT2D eigenvalue weighted by atomic mass is 10.2. The van der Waals surface area contributed by atoms with Crippen LogP contribution < -0.4 is 5.32 Å². The minimum atomic E-state index is -0.958. The maximum absolute atomic E-state index is 12.0. The SMILES string of the molecule is CN1CCCC1CNC(=O)c1cccn1CC(=O)O. The molecule has 1 aromatic heterocycles. The molecule has 0 radical (unpaired) electrons. The average molecular weight is 265 g/mol. The molecule has 2 N–H and O–H groups in total. The molecule has 2 rings (SSSR count). The fourth-order valence-electron chi connectivity index (χ4n) is 2.44. The van der Waals surface area contributed by atoms with Gasteiger partial charge in [0.1, 0.15) is 12.2 Å². The summed E-state index contributed by atoms with van der Waals surface area (Å²) < 4.78 is 1.44. The zero-order chi connectivity index (χ0) is 13.8. The molecule has 0 saturated carbocycles. The van der Waals surface area contributed by atoms with Gasteiger partial charge in [0.2, 0.25) is 0 Å². The van der Waals surface area contributed by atoms with Crippen LogP contribution in [-0.4, -0.2) is 52.6 Å². The van der Waals surface area contributed by atoms with Crippen molar-refractivity contribution in [3.63, 3.8) is 0 Å². The molecule has 1 saturated heterocycles. The summed E-state index contributed by atoms with van der Waals surface area (Å²) in [4.78, 5) is 25.0. The molecule has 1 unspecified atom stereocenters. The van der Waals surface area contributed by atoms with Crippen molar-refractivity contribution in [1.29, 1.82) is 0 Å². The Morgan fingerprint density at radius 2 is 2.32 bits per heavy atom. The molecule has 0 spiro atoms. The van der Waals surface area contributed by atoms with Crippen LogP contribution in [0.25, 0.3) is 0 Å². The summed E-state index contributed by atoms with van der Waals surface area (Å²) in [6, 6.07) is 3.70. The second-order valence-electron chi connectivity index (χ2n) is 4.90. The second-order valence-corrected chi connectivity index (χ2v) is 4.90. The van der Waals surface area contributed by atoms with Crippen LogP contribution in [0.5, 0.6) is 0 Å². The summed E-state index contributed by atoms with van der Waals surface area (Å²) in [5, 5.41) is 11.6. The molecule has 6 nitrogen and oxygen atoms in total. The van der Waals surface area contributed by atoms with E-state index in [4.69, 9.17) is 5.11 Å². The van der Waals surface area contributed by atoms with Gasteiger partial charge in [-0.15, -0.1) is 0 Å². The van der Waals surface area contributed by atoms with Gasteiger partial charge in [0.25, 0.3) is 5.91 Å². The summed E-state index contributed by atoms with van der Waals surface area (Å²) in [5.41, 5.74) is 0.392. The van der Waals surface area contributed by atoms with Gasteiger partial charge >= 0.3 is 5.97 Å². The molecule has 1 aliphatic heterocycles. The minimum Gasteiger partial charge on any atom is -0.480 e. The first kappa shape index (κ1) is 13.6. The van der Waals surface area contributed by atoms with E-state index >= 15 is 0 Å². The number of carbonyl (C=O) groups is 2. The zero-order valence-corrected chi connectivity index (χ0v) is 11.0. The third-order valence-corrected chi connectivity index (χ3v) is 3.54. The van der Waals surface area contributed by atoms with E-state index in [9.17, 15) is 9.59 Å². The summed E-state index contributed by atoms with van der Waals surface area (Å²) >= 11 is 0. The Bertz CT molecular complexity index is 469. The number of carboxylic acids is 1. The van der Waals surface area contributed by atoms with Crippen molar-refractivity contribution >= 4 is 11.9 Å². The maximum atomic E-state index is 12.0. The van der Waals surface area contributed by atoms with E-state index in [0.717, 1.165) is 19.4 Å². The number of carbonyl (C=O) groups excluding carboxylic acids is 1. The maximum Gasteiger partial charge on any atom is 0.323 e. The molecule has 104 valence electrons. The van der Waals surface area contributed by atoms with Crippen molar-refractivity contribution in [2.75, 3.05) is 20.1 Å². The number of likely N-dealkylation sites (N-methyl/N-ethyl adjacent to an activating group) is 1. The second kappa shape index (κ2) is 5.88. The van der Waals surface area contributed by atoms with E-state index in [1.807, 2.05) is 0 Å². The van der Waals surface area contributed by atoms with Crippen LogP contribution in [-0.2, 0) is 11.3 Å². The average Bonchev–Trinajstić information content (AvgIpc) is 2.95. The number of rotatable bonds is 5. The highest BCUT2D eigenvalue weighted by Gasteiger charge is 2.22. The summed E-state index contributed by atoms with van der Waals surface area (Å²) in [7, 11) is 2.05. The highest BCUT2D eigenvalue weighted by molar-refractivity contribution is 5.93. The van der Waals surface area contributed by atoms with Crippen molar-refractivity contribution in [3.8, 4) is 0 Å². The molecule has 6 heteroatoms. The molecule has 1 amide bonds. The fraction of sp³-hybridized carbons (Fsp3) is 0.538. The lowest BCUT2D eigenvalue weighted by Crippen LogP contribution is -2.38. The van der Waals surface area contributed by atoms with Crippen LogP contribution in [0.3, 0.4) is 0 Å². The minimum absolute atomic E-state index is 0.195. The van der Waals surface area contributed by atoms with Gasteiger partial charge in [0.05, 0.1) is 0 Å². The molecule has 19 heavy (non-hydrogen) atoms. The molecule has 2 heterocycles. The molecule has 1 fully saturated rings. The van der Waals surface area contributed by atoms with E-state index in [1.165, 1.54) is 4.57 Å². The van der Waals surface area contributed by atoms with E-state index in [-0.39, 0.29) is 12.5 Å². The molecule has 0 bridgehead atoms. The first-order chi connectivity index (χ1) is 9.08. The van der Waals surface area contributed by atoms with Crippen LogP contribution in [0.15, 0.2) is 18.3 Å². The zero-order valence-electron chi connectivity index (χ0n) is 11.0. The molecule has 1 aliphatic rings. The van der Waals surface area contributed by atoms with Crippen molar-refractivity contribution in [1.82, 2.24) is 14.8 Å². The van der Waals surface area contributed by atoms with Crippen molar-refractivity contribution in [3.05, 3.63) is 24.0 Å². The van der Waals surface area contributed by atoms with Gasteiger partial charge in [0, 0.05) is 18.8 Å². The Hall–Kier alpha value is -1.82. The Labute approximate surface area is 112 Å². The third kappa shape index (κ3) is 3.35. The van der Waals surface area contributed by atoms with Gasteiger partial charge in [-0.05, 0) is 38.6 Å². The number of hydrogen-bond acceptors (Lipinski definition) is 3. The van der Waals surface area contributed by atoms with E-state index in [1.54, 1.807) is 18.3 Å². The quantitative estimate of drug-likeness (QED) is 0.808. The Balaban J connectivity index is 1.92. The van der Waals surface area contributed by atoms with E-state index in [0.29, 0.717) is 18.3 Å². The number of hydrogen-bond donors (Lipinski definition) is 2. The molecule has 1 atom stereocenters. The smallest absolute Gasteiger partial charge is 0.323 e. The Morgan fingerprint density at radius 3 is 2.95 bits per heavy atom. The topological polar surface area (TPSA) is 74.6 Å². The lowest BCUT2D eigenvalue weighted by Gasteiger charge is -2.19. The first-order valence-corrected chi connectivity index (χ1v) is 6.43. The number of carboxylic acid groups (broad SMARTS) is 1. The number of nitrogens with one attached hydrogen (secondary N) is 1. The highest BCUT2D eigenvalue weighted by atomic mass is 16.4. The van der Waals surface area contributed by atoms with E-state index in [2.05, 4.69) is 17.3 Å².